The van der Waals surface area contributed by atoms with Crippen molar-refractivity contribution in [3.63, 3.8) is 0 Å². The molecule has 1 fully saturated rings. The summed E-state index contributed by atoms with van der Waals surface area (Å²) in [5.41, 5.74) is 0.0939. The lowest BCUT2D eigenvalue weighted by Gasteiger charge is -2.45. The highest BCUT2D eigenvalue weighted by Gasteiger charge is 2.44. The highest BCUT2D eigenvalue weighted by Crippen LogP contribution is 2.35. The van der Waals surface area contributed by atoms with Gasteiger partial charge in [0, 0.05) is 23.2 Å². The molecule has 1 heterocycles. The monoisotopic (exact) mass is 214 g/mol. The summed E-state index contributed by atoms with van der Waals surface area (Å²) in [6, 6.07) is 2.19. The molecule has 0 radical (unpaired) electrons. The van der Waals surface area contributed by atoms with Gasteiger partial charge < -0.3 is 4.55 Å². The van der Waals surface area contributed by atoms with Gasteiger partial charge in [-0.05, 0) is 6.42 Å². The van der Waals surface area contributed by atoms with Gasteiger partial charge in [-0.3, -0.25) is 0 Å². The fourth-order valence-corrected chi connectivity index (χ4v) is 3.35. The van der Waals surface area contributed by atoms with E-state index in [1.54, 1.807) is 0 Å². The molecule has 0 aromatic carbocycles. The number of unbranched alkanes of at least 4 members (excludes halogenated alkanes) is 1. The first-order chi connectivity index (χ1) is 6.61. The zero-order valence-electron chi connectivity index (χ0n) is 8.95. The van der Waals surface area contributed by atoms with Gasteiger partial charge in [0.15, 0.2) is 0 Å². The largest absolute Gasteiger partial charge is 0.598 e. The molecule has 0 aromatic rings. The zero-order valence-corrected chi connectivity index (χ0v) is 9.77. The van der Waals surface area contributed by atoms with E-state index in [1.807, 2.05) is 4.31 Å². The number of hydrogen-bond acceptors (Lipinski definition) is 3. The molecule has 0 N–H and O–H groups in total. The molecule has 1 aliphatic rings. The van der Waals surface area contributed by atoms with Crippen LogP contribution in [0, 0.1) is 16.7 Å². The van der Waals surface area contributed by atoms with E-state index in [1.165, 1.54) is 0 Å². The topological polar surface area (TPSA) is 50.1 Å². The van der Waals surface area contributed by atoms with Gasteiger partial charge in [-0.25, -0.2) is 0 Å². The summed E-state index contributed by atoms with van der Waals surface area (Å²) >= 11 is -0.804. The Morgan fingerprint density at radius 2 is 2.21 bits per heavy atom. The van der Waals surface area contributed by atoms with Crippen molar-refractivity contribution in [1.29, 1.82) is 5.26 Å². The summed E-state index contributed by atoms with van der Waals surface area (Å²) in [5.74, 6) is 0.777. The number of nitrogens with zero attached hydrogens (tertiary/aromatic N) is 2. The predicted octanol–water partition coefficient (Wildman–Crippen LogP) is 1.69. The van der Waals surface area contributed by atoms with Crippen molar-refractivity contribution in [2.75, 3.05) is 18.8 Å². The number of rotatable bonds is 5. The predicted molar refractivity (Wildman–Crippen MR) is 57.8 cm³/mol. The molecule has 1 saturated heterocycles. The van der Waals surface area contributed by atoms with Crippen molar-refractivity contribution in [2.45, 2.75) is 33.1 Å². The van der Waals surface area contributed by atoms with Gasteiger partial charge in [-0.15, -0.1) is 4.31 Å². The Bertz CT molecular complexity index is 221. The molecule has 1 atom stereocenters. The molecule has 0 amide bonds. The van der Waals surface area contributed by atoms with Crippen molar-refractivity contribution in [3.8, 4) is 6.07 Å². The number of nitriles is 1. The molecular weight excluding hydrogens is 196 g/mol. The molecule has 1 unspecified atom stereocenters. The van der Waals surface area contributed by atoms with E-state index in [0.717, 1.165) is 31.7 Å². The molecule has 80 valence electrons. The third kappa shape index (κ3) is 2.88. The van der Waals surface area contributed by atoms with Crippen molar-refractivity contribution in [3.05, 3.63) is 0 Å². The first-order valence-electron chi connectivity index (χ1n) is 5.12. The maximum atomic E-state index is 11.6. The van der Waals surface area contributed by atoms with Gasteiger partial charge in [0.2, 0.25) is 0 Å². The van der Waals surface area contributed by atoms with Gasteiger partial charge in [0.25, 0.3) is 0 Å². The van der Waals surface area contributed by atoms with Crippen LogP contribution in [0.4, 0.5) is 0 Å². The Morgan fingerprint density at radius 3 is 2.71 bits per heavy atom. The van der Waals surface area contributed by atoms with Gasteiger partial charge in [-0.1, -0.05) is 20.3 Å². The van der Waals surface area contributed by atoms with Crippen molar-refractivity contribution >= 4 is 11.4 Å². The maximum absolute atomic E-state index is 11.6. The summed E-state index contributed by atoms with van der Waals surface area (Å²) < 4.78 is 13.6. The van der Waals surface area contributed by atoms with Crippen molar-refractivity contribution < 1.29 is 4.55 Å². The lowest BCUT2D eigenvalue weighted by molar-refractivity contribution is 0.0953. The van der Waals surface area contributed by atoms with Crippen LogP contribution >= 0.6 is 0 Å². The average Bonchev–Trinajstić information content (AvgIpc) is 2.10. The quantitative estimate of drug-likeness (QED) is 0.654. The standard InChI is InChI=1S/C10H18N2OS/c1-3-4-7-14(13)12-8-10(2,9-12)5-6-11/h3-5,7-9H2,1-2H3. The molecule has 0 saturated carbocycles. The molecule has 3 nitrogen and oxygen atoms in total. The minimum Gasteiger partial charge on any atom is -0.598 e. The van der Waals surface area contributed by atoms with Crippen LogP contribution in [0.3, 0.4) is 0 Å². The lowest BCUT2D eigenvalue weighted by Crippen LogP contribution is -2.57. The van der Waals surface area contributed by atoms with Crippen LogP contribution in [0.2, 0.25) is 0 Å². The van der Waals surface area contributed by atoms with Gasteiger partial charge in [-0.2, -0.15) is 5.26 Å². The van der Waals surface area contributed by atoms with Crippen molar-refractivity contribution in [1.82, 2.24) is 4.31 Å². The van der Waals surface area contributed by atoms with Crippen LogP contribution in [0.15, 0.2) is 0 Å². The molecule has 1 aliphatic heterocycles. The molecule has 0 bridgehead atoms. The van der Waals surface area contributed by atoms with E-state index >= 15 is 0 Å². The zero-order chi connectivity index (χ0) is 10.6. The van der Waals surface area contributed by atoms with E-state index in [2.05, 4.69) is 19.9 Å². The molecule has 14 heavy (non-hydrogen) atoms. The summed E-state index contributed by atoms with van der Waals surface area (Å²) in [5, 5.41) is 8.59. The summed E-state index contributed by atoms with van der Waals surface area (Å²) in [6.07, 6.45) is 2.70. The normalized spacial score (nSPS) is 22.4. The molecule has 1 rings (SSSR count). The summed E-state index contributed by atoms with van der Waals surface area (Å²) in [7, 11) is 0. The van der Waals surface area contributed by atoms with E-state index in [-0.39, 0.29) is 5.41 Å². The van der Waals surface area contributed by atoms with E-state index in [4.69, 9.17) is 5.26 Å². The fraction of sp³-hybridized carbons (Fsp3) is 0.900. The smallest absolute Gasteiger partial charge is 0.125 e. The van der Waals surface area contributed by atoms with Crippen LogP contribution in [-0.2, 0) is 11.4 Å². The van der Waals surface area contributed by atoms with Crippen LogP contribution in [-0.4, -0.2) is 27.7 Å². The van der Waals surface area contributed by atoms with Crippen LogP contribution in [0.5, 0.6) is 0 Å². The summed E-state index contributed by atoms with van der Waals surface area (Å²) in [4.78, 5) is 0. The Morgan fingerprint density at radius 1 is 1.57 bits per heavy atom. The van der Waals surface area contributed by atoms with E-state index in [9.17, 15) is 4.55 Å². The first kappa shape index (κ1) is 11.8. The molecule has 0 spiro atoms. The van der Waals surface area contributed by atoms with E-state index in [0.29, 0.717) is 6.42 Å². The molecular formula is C10H18N2OS. The second-order valence-electron chi connectivity index (χ2n) is 4.32. The molecule has 0 aromatic heterocycles. The Labute approximate surface area is 89.4 Å². The van der Waals surface area contributed by atoms with E-state index < -0.39 is 11.4 Å². The SMILES string of the molecule is CCCC[S+]([O-])N1CC(C)(CC#N)C1. The average molecular weight is 214 g/mol. The molecule has 4 heteroatoms. The maximum Gasteiger partial charge on any atom is 0.125 e. The lowest BCUT2D eigenvalue weighted by atomic mass is 9.81. The highest BCUT2D eigenvalue weighted by molar-refractivity contribution is 7.89. The second kappa shape index (κ2) is 5.01. The third-order valence-corrected chi connectivity index (χ3v) is 4.05. The molecule has 0 aliphatic carbocycles. The Hall–Kier alpha value is -0.240. The van der Waals surface area contributed by atoms with Crippen LogP contribution in [0.1, 0.15) is 33.1 Å². The van der Waals surface area contributed by atoms with Crippen molar-refractivity contribution in [2.24, 2.45) is 5.41 Å². The Kier molecular flexibility index (Phi) is 4.24. The third-order valence-electron chi connectivity index (χ3n) is 2.58. The van der Waals surface area contributed by atoms with Gasteiger partial charge >= 0.3 is 0 Å². The summed E-state index contributed by atoms with van der Waals surface area (Å²) in [6.45, 7) is 5.82. The van der Waals surface area contributed by atoms with Gasteiger partial charge in [0.1, 0.15) is 5.75 Å². The van der Waals surface area contributed by atoms with Gasteiger partial charge in [0.05, 0.1) is 19.2 Å². The Balaban J connectivity index is 2.23. The van der Waals surface area contributed by atoms with Crippen LogP contribution < -0.4 is 0 Å². The first-order valence-corrected chi connectivity index (χ1v) is 6.39. The van der Waals surface area contributed by atoms with Crippen LogP contribution in [0.25, 0.3) is 0 Å². The highest BCUT2D eigenvalue weighted by atomic mass is 32.2. The second-order valence-corrected chi connectivity index (χ2v) is 5.89. The number of hydrogen-bond donors (Lipinski definition) is 0. The minimum absolute atomic E-state index is 0.0939. The minimum atomic E-state index is -0.804. The fourth-order valence-electron chi connectivity index (χ4n) is 1.65.